The summed E-state index contributed by atoms with van der Waals surface area (Å²) >= 11 is 0. The van der Waals surface area contributed by atoms with Crippen molar-refractivity contribution in [2.45, 2.75) is 70.6 Å². The van der Waals surface area contributed by atoms with Gasteiger partial charge in [-0.2, -0.15) is 10.2 Å². The van der Waals surface area contributed by atoms with Gasteiger partial charge < -0.3 is 10.0 Å². The molecule has 1 aliphatic rings. The molecule has 0 aliphatic heterocycles. The molecule has 0 saturated heterocycles. The van der Waals surface area contributed by atoms with Gasteiger partial charge in [0.15, 0.2) is 0 Å². The molecule has 5 rings (SSSR count). The molecule has 0 bridgehead atoms. The number of hydrogen-bond donors (Lipinski definition) is 1. The fourth-order valence-electron chi connectivity index (χ4n) is 5.87. The van der Waals surface area contributed by atoms with Crippen molar-refractivity contribution in [1.29, 1.82) is 0 Å². The Balaban J connectivity index is 1.48. The van der Waals surface area contributed by atoms with Crippen LogP contribution in [0.25, 0.3) is 10.9 Å². The summed E-state index contributed by atoms with van der Waals surface area (Å²) in [5, 5.41) is 21.7. The van der Waals surface area contributed by atoms with Crippen molar-refractivity contribution in [3.05, 3.63) is 72.4 Å². The molecule has 1 aliphatic carbocycles. The maximum absolute atomic E-state index is 15.0. The summed E-state index contributed by atoms with van der Waals surface area (Å²) < 4.78 is 31.9. The number of nitrogens with zero attached hydrogens (tertiary/aromatic N) is 6. The van der Waals surface area contributed by atoms with Crippen LogP contribution in [0.4, 0.5) is 14.5 Å². The molecule has 2 heterocycles. The molecular formula is C29H36F2N6O. The van der Waals surface area contributed by atoms with Gasteiger partial charge in [0.25, 0.3) is 0 Å². The molecule has 4 aromatic rings. The van der Waals surface area contributed by atoms with Gasteiger partial charge in [-0.1, -0.05) is 32.3 Å². The largest absolute Gasteiger partial charge is 0.381 e. The standard InChI is InChI=1S/C29H36F2N6O/c1-3-13-35(17-22-7-5-4-6-8-22)25-10-12-28-23(14-25)16-33-37(28)21(2)29(38,18-36-20-32-19-34-36)26-11-9-24(30)15-27(26)31/h9-12,14-16,19-22,38H,3-8,13,17-18H2,1-2H3/t21-,29-/m1/s1. The predicted octanol–water partition coefficient (Wildman–Crippen LogP) is 5.85. The number of hydrogen-bond acceptors (Lipinski definition) is 5. The molecule has 0 amide bonds. The molecular weight excluding hydrogens is 486 g/mol. The first-order chi connectivity index (χ1) is 18.4. The monoisotopic (exact) mass is 522 g/mol. The number of rotatable bonds is 10. The van der Waals surface area contributed by atoms with Gasteiger partial charge in [0, 0.05) is 35.8 Å². The van der Waals surface area contributed by atoms with Crippen LogP contribution in [0.3, 0.4) is 0 Å². The third-order valence-corrected chi connectivity index (χ3v) is 7.97. The minimum Gasteiger partial charge on any atom is -0.381 e. The highest BCUT2D eigenvalue weighted by atomic mass is 19.1. The van der Waals surface area contributed by atoms with Crippen LogP contribution in [0.1, 0.15) is 64.0 Å². The highest BCUT2D eigenvalue weighted by Crippen LogP contribution is 2.38. The Morgan fingerprint density at radius 2 is 1.92 bits per heavy atom. The number of halogens is 2. The fourth-order valence-corrected chi connectivity index (χ4v) is 5.87. The Morgan fingerprint density at radius 1 is 1.11 bits per heavy atom. The first kappa shape index (κ1) is 26.3. The normalized spacial score (nSPS) is 17.0. The van der Waals surface area contributed by atoms with E-state index in [2.05, 4.69) is 39.1 Å². The van der Waals surface area contributed by atoms with E-state index in [1.165, 1.54) is 61.2 Å². The second-order valence-corrected chi connectivity index (χ2v) is 10.6. The molecule has 0 spiro atoms. The van der Waals surface area contributed by atoms with Crippen molar-refractivity contribution in [2.75, 3.05) is 18.0 Å². The minimum atomic E-state index is -1.78. The SMILES string of the molecule is CCCN(CC1CCCCC1)c1ccc2c(cnn2[C@H](C)[C@](O)(Cn2cncn2)c2ccc(F)cc2F)c1. The van der Waals surface area contributed by atoms with Crippen molar-refractivity contribution in [3.63, 3.8) is 0 Å². The van der Waals surface area contributed by atoms with Gasteiger partial charge >= 0.3 is 0 Å². The van der Waals surface area contributed by atoms with Crippen LogP contribution >= 0.6 is 0 Å². The molecule has 1 fully saturated rings. The van der Waals surface area contributed by atoms with Crippen LogP contribution in [0.15, 0.2) is 55.2 Å². The summed E-state index contributed by atoms with van der Waals surface area (Å²) in [7, 11) is 0. The summed E-state index contributed by atoms with van der Waals surface area (Å²) in [6.45, 7) is 5.96. The van der Waals surface area contributed by atoms with Gasteiger partial charge in [-0.15, -0.1) is 0 Å². The zero-order valence-electron chi connectivity index (χ0n) is 22.1. The Kier molecular flexibility index (Phi) is 7.74. The van der Waals surface area contributed by atoms with Crippen molar-refractivity contribution in [3.8, 4) is 0 Å². The molecule has 1 saturated carbocycles. The van der Waals surface area contributed by atoms with Gasteiger partial charge in [0.1, 0.15) is 29.9 Å². The van der Waals surface area contributed by atoms with E-state index < -0.39 is 23.3 Å². The summed E-state index contributed by atoms with van der Waals surface area (Å²) in [5.74, 6) is -0.800. The Labute approximate surface area is 222 Å². The van der Waals surface area contributed by atoms with Gasteiger partial charge in [0.05, 0.1) is 24.3 Å². The van der Waals surface area contributed by atoms with E-state index in [9.17, 15) is 9.50 Å². The van der Waals surface area contributed by atoms with E-state index >= 15 is 4.39 Å². The number of anilines is 1. The topological polar surface area (TPSA) is 72.0 Å². The van der Waals surface area contributed by atoms with Crippen LogP contribution in [0.2, 0.25) is 0 Å². The first-order valence-electron chi connectivity index (χ1n) is 13.6. The minimum absolute atomic E-state index is 0.0243. The second kappa shape index (κ2) is 11.2. The molecule has 0 unspecified atom stereocenters. The molecule has 2 atom stereocenters. The molecule has 2 aromatic carbocycles. The van der Waals surface area contributed by atoms with E-state index in [0.717, 1.165) is 48.5 Å². The van der Waals surface area contributed by atoms with Gasteiger partial charge in [-0.25, -0.2) is 18.4 Å². The molecule has 9 heteroatoms. The fraction of sp³-hybridized carbons (Fsp3) is 0.483. The van der Waals surface area contributed by atoms with Crippen molar-refractivity contribution >= 4 is 16.6 Å². The highest BCUT2D eigenvalue weighted by molar-refractivity contribution is 5.83. The van der Waals surface area contributed by atoms with Crippen LogP contribution in [0, 0.1) is 17.6 Å². The summed E-state index contributed by atoms with van der Waals surface area (Å²) in [6, 6.07) is 8.81. The first-order valence-corrected chi connectivity index (χ1v) is 13.6. The lowest BCUT2D eigenvalue weighted by atomic mass is 9.86. The lowest BCUT2D eigenvalue weighted by Gasteiger charge is -2.35. The van der Waals surface area contributed by atoms with Crippen LogP contribution in [-0.2, 0) is 12.1 Å². The number of fused-ring (bicyclic) bond motifs is 1. The van der Waals surface area contributed by atoms with E-state index in [1.807, 2.05) is 6.07 Å². The predicted molar refractivity (Wildman–Crippen MR) is 144 cm³/mol. The molecule has 2 aromatic heterocycles. The lowest BCUT2D eigenvalue weighted by molar-refractivity contribution is -0.0354. The number of benzene rings is 2. The third-order valence-electron chi connectivity index (χ3n) is 7.97. The summed E-state index contributed by atoms with van der Waals surface area (Å²) in [4.78, 5) is 6.43. The molecule has 38 heavy (non-hydrogen) atoms. The summed E-state index contributed by atoms with van der Waals surface area (Å²) in [6.07, 6.45) is 12.2. The van der Waals surface area contributed by atoms with Gasteiger partial charge in [0.2, 0.25) is 0 Å². The average Bonchev–Trinajstić information content (AvgIpc) is 3.58. The van der Waals surface area contributed by atoms with Crippen molar-refractivity contribution < 1.29 is 13.9 Å². The lowest BCUT2D eigenvalue weighted by Crippen LogP contribution is -2.41. The van der Waals surface area contributed by atoms with Crippen LogP contribution in [-0.4, -0.2) is 42.7 Å². The van der Waals surface area contributed by atoms with E-state index in [4.69, 9.17) is 0 Å². The zero-order chi connectivity index (χ0) is 26.7. The van der Waals surface area contributed by atoms with E-state index in [-0.39, 0.29) is 12.1 Å². The molecule has 1 N–H and O–H groups in total. The van der Waals surface area contributed by atoms with Crippen LogP contribution < -0.4 is 4.90 Å². The Morgan fingerprint density at radius 3 is 2.63 bits per heavy atom. The zero-order valence-corrected chi connectivity index (χ0v) is 22.1. The highest BCUT2D eigenvalue weighted by Gasteiger charge is 2.41. The third kappa shape index (κ3) is 5.29. The van der Waals surface area contributed by atoms with Gasteiger partial charge in [-0.3, -0.25) is 4.68 Å². The van der Waals surface area contributed by atoms with Crippen molar-refractivity contribution in [1.82, 2.24) is 24.5 Å². The molecule has 202 valence electrons. The summed E-state index contributed by atoms with van der Waals surface area (Å²) in [5.41, 5.74) is 0.191. The smallest absolute Gasteiger partial charge is 0.137 e. The van der Waals surface area contributed by atoms with Gasteiger partial charge in [-0.05, 0) is 56.4 Å². The van der Waals surface area contributed by atoms with E-state index in [0.29, 0.717) is 0 Å². The Hall–Kier alpha value is -3.33. The maximum atomic E-state index is 15.0. The second-order valence-electron chi connectivity index (χ2n) is 10.6. The quantitative estimate of drug-likeness (QED) is 0.283. The number of aromatic nitrogens is 5. The average molecular weight is 523 g/mol. The maximum Gasteiger partial charge on any atom is 0.137 e. The van der Waals surface area contributed by atoms with E-state index in [1.54, 1.807) is 17.8 Å². The number of aliphatic hydroxyl groups is 1. The van der Waals surface area contributed by atoms with Crippen LogP contribution in [0.5, 0.6) is 0 Å². The van der Waals surface area contributed by atoms with Crippen molar-refractivity contribution in [2.24, 2.45) is 5.92 Å². The molecule has 0 radical (unpaired) electrons. The molecule has 7 nitrogen and oxygen atoms in total. The Bertz CT molecular complexity index is 1350.